The fourth-order valence-electron chi connectivity index (χ4n) is 2.53. The van der Waals surface area contributed by atoms with Crippen LogP contribution in [0.2, 0.25) is 0 Å². The zero-order valence-corrected chi connectivity index (χ0v) is 10.4. The molecule has 0 heterocycles. The van der Waals surface area contributed by atoms with Crippen LogP contribution in [0.3, 0.4) is 0 Å². The van der Waals surface area contributed by atoms with Crippen molar-refractivity contribution < 1.29 is 14.5 Å². The van der Waals surface area contributed by atoms with Gasteiger partial charge in [-0.2, -0.15) is 0 Å². The Labute approximate surface area is 102 Å². The maximum Gasteiger partial charge on any atom is 0.305 e. The average molecular weight is 243 g/mol. The minimum absolute atomic E-state index is 0.128. The van der Waals surface area contributed by atoms with E-state index in [0.717, 1.165) is 19.3 Å². The molecule has 0 unspecified atom stereocenters. The van der Waals surface area contributed by atoms with Gasteiger partial charge in [0.2, 0.25) is 5.54 Å². The summed E-state index contributed by atoms with van der Waals surface area (Å²) < 4.78 is 4.82. The lowest BCUT2D eigenvalue weighted by Crippen LogP contribution is -2.40. The van der Waals surface area contributed by atoms with Crippen LogP contribution in [-0.4, -0.2) is 23.0 Å². The maximum absolute atomic E-state index is 11.2. The van der Waals surface area contributed by atoms with E-state index in [4.69, 9.17) is 4.74 Å². The smallest absolute Gasteiger partial charge is 0.305 e. The largest absolute Gasteiger partial charge is 0.466 e. The van der Waals surface area contributed by atoms with Gasteiger partial charge in [-0.15, -0.1) is 0 Å². The Hall–Kier alpha value is -1.13. The van der Waals surface area contributed by atoms with Crippen LogP contribution in [-0.2, 0) is 9.53 Å². The van der Waals surface area contributed by atoms with Crippen molar-refractivity contribution in [2.45, 2.75) is 63.8 Å². The Morgan fingerprint density at radius 2 is 2.00 bits per heavy atom. The zero-order valence-electron chi connectivity index (χ0n) is 10.4. The van der Waals surface area contributed by atoms with E-state index in [9.17, 15) is 14.9 Å². The van der Waals surface area contributed by atoms with Crippen LogP contribution in [0.15, 0.2) is 0 Å². The molecule has 1 fully saturated rings. The van der Waals surface area contributed by atoms with Crippen molar-refractivity contribution >= 4 is 5.97 Å². The predicted molar refractivity (Wildman–Crippen MR) is 63.3 cm³/mol. The zero-order chi connectivity index (χ0) is 12.7. The number of carbonyl (C=O) groups is 1. The molecule has 5 nitrogen and oxygen atoms in total. The van der Waals surface area contributed by atoms with Gasteiger partial charge in [-0.25, -0.2) is 0 Å². The third-order valence-corrected chi connectivity index (χ3v) is 3.50. The number of carbonyl (C=O) groups excluding carboxylic acids is 1. The van der Waals surface area contributed by atoms with Gasteiger partial charge in [-0.1, -0.05) is 6.42 Å². The highest BCUT2D eigenvalue weighted by atomic mass is 16.6. The second kappa shape index (κ2) is 6.57. The first-order valence-electron chi connectivity index (χ1n) is 6.41. The highest BCUT2D eigenvalue weighted by Crippen LogP contribution is 2.35. The number of esters is 1. The number of ether oxygens (including phenoxy) is 1. The van der Waals surface area contributed by atoms with Crippen molar-refractivity contribution in [3.05, 3.63) is 10.1 Å². The second-order valence-corrected chi connectivity index (χ2v) is 4.70. The van der Waals surface area contributed by atoms with Gasteiger partial charge in [-0.05, 0) is 26.2 Å². The standard InChI is InChI=1S/C12H21NO4/c1-2-17-11(14)7-6-10-12(13(15)16)8-4-3-5-9-12/h2-10H2,1H3. The van der Waals surface area contributed by atoms with Crippen LogP contribution in [0.25, 0.3) is 0 Å². The van der Waals surface area contributed by atoms with E-state index in [0.29, 0.717) is 38.7 Å². The minimum atomic E-state index is -0.773. The molecular formula is C12H21NO4. The molecule has 1 rings (SSSR count). The third kappa shape index (κ3) is 3.98. The molecule has 5 heteroatoms. The molecule has 98 valence electrons. The van der Waals surface area contributed by atoms with Crippen molar-refractivity contribution in [3.8, 4) is 0 Å². The Balaban J connectivity index is 2.40. The van der Waals surface area contributed by atoms with E-state index < -0.39 is 5.54 Å². The average Bonchev–Trinajstić information content (AvgIpc) is 2.30. The number of rotatable bonds is 6. The predicted octanol–water partition coefficient (Wildman–Crippen LogP) is 2.70. The molecule has 0 bridgehead atoms. The molecule has 0 saturated heterocycles. The Kier molecular flexibility index (Phi) is 5.38. The number of nitrogens with zero attached hydrogens (tertiary/aromatic N) is 1. The van der Waals surface area contributed by atoms with Crippen molar-refractivity contribution in [1.29, 1.82) is 0 Å². The SMILES string of the molecule is CCOC(=O)CCCC1([N+](=O)[O-])CCCCC1. The van der Waals surface area contributed by atoms with Gasteiger partial charge >= 0.3 is 5.97 Å². The van der Waals surface area contributed by atoms with Gasteiger partial charge in [0.15, 0.2) is 0 Å². The molecule has 0 aliphatic heterocycles. The van der Waals surface area contributed by atoms with Crippen LogP contribution < -0.4 is 0 Å². The molecule has 0 aromatic rings. The second-order valence-electron chi connectivity index (χ2n) is 4.70. The summed E-state index contributed by atoms with van der Waals surface area (Å²) in [5.41, 5.74) is -0.773. The Morgan fingerprint density at radius 3 is 2.53 bits per heavy atom. The van der Waals surface area contributed by atoms with Crippen LogP contribution in [0.5, 0.6) is 0 Å². The lowest BCUT2D eigenvalue weighted by Gasteiger charge is -2.28. The van der Waals surface area contributed by atoms with E-state index in [1.807, 2.05) is 0 Å². The minimum Gasteiger partial charge on any atom is -0.466 e. The third-order valence-electron chi connectivity index (χ3n) is 3.50. The lowest BCUT2D eigenvalue weighted by atomic mass is 9.79. The summed E-state index contributed by atoms with van der Waals surface area (Å²) in [6, 6.07) is 0. The fourth-order valence-corrected chi connectivity index (χ4v) is 2.53. The Bertz CT molecular complexity index is 272. The van der Waals surface area contributed by atoms with E-state index in [1.54, 1.807) is 6.92 Å². The fraction of sp³-hybridized carbons (Fsp3) is 0.917. The summed E-state index contributed by atoms with van der Waals surface area (Å²) in [4.78, 5) is 22.2. The molecule has 0 atom stereocenters. The lowest BCUT2D eigenvalue weighted by molar-refractivity contribution is -0.576. The van der Waals surface area contributed by atoms with Gasteiger partial charge in [0.05, 0.1) is 6.61 Å². The number of nitro groups is 1. The number of hydrogen-bond donors (Lipinski definition) is 0. The number of hydrogen-bond acceptors (Lipinski definition) is 4. The molecule has 1 aliphatic rings. The van der Waals surface area contributed by atoms with E-state index in [-0.39, 0.29) is 10.9 Å². The molecule has 0 spiro atoms. The monoisotopic (exact) mass is 243 g/mol. The first-order chi connectivity index (χ1) is 8.10. The summed E-state index contributed by atoms with van der Waals surface area (Å²) in [6.45, 7) is 2.14. The summed E-state index contributed by atoms with van der Waals surface area (Å²) in [5.74, 6) is -0.248. The van der Waals surface area contributed by atoms with Crippen molar-refractivity contribution in [3.63, 3.8) is 0 Å². The molecule has 1 aliphatic carbocycles. The quantitative estimate of drug-likeness (QED) is 0.408. The van der Waals surface area contributed by atoms with Gasteiger partial charge in [-0.3, -0.25) is 14.9 Å². The van der Waals surface area contributed by atoms with Crippen LogP contribution in [0.4, 0.5) is 0 Å². The highest BCUT2D eigenvalue weighted by molar-refractivity contribution is 5.69. The Morgan fingerprint density at radius 1 is 1.35 bits per heavy atom. The molecule has 1 saturated carbocycles. The van der Waals surface area contributed by atoms with Gasteiger partial charge in [0.1, 0.15) is 0 Å². The van der Waals surface area contributed by atoms with Gasteiger partial charge in [0, 0.05) is 30.6 Å². The van der Waals surface area contributed by atoms with E-state index in [1.165, 1.54) is 0 Å². The summed E-state index contributed by atoms with van der Waals surface area (Å²) >= 11 is 0. The molecule has 17 heavy (non-hydrogen) atoms. The first kappa shape index (κ1) is 13.9. The highest BCUT2D eigenvalue weighted by Gasteiger charge is 2.42. The molecule has 0 aromatic carbocycles. The topological polar surface area (TPSA) is 69.4 Å². The van der Waals surface area contributed by atoms with Crippen LogP contribution >= 0.6 is 0 Å². The van der Waals surface area contributed by atoms with Crippen molar-refractivity contribution in [2.24, 2.45) is 0 Å². The van der Waals surface area contributed by atoms with Crippen LogP contribution in [0, 0.1) is 10.1 Å². The molecule has 0 amide bonds. The summed E-state index contributed by atoms with van der Waals surface area (Å²) in [5, 5.41) is 11.2. The van der Waals surface area contributed by atoms with Crippen molar-refractivity contribution in [2.75, 3.05) is 6.61 Å². The molecule has 0 N–H and O–H groups in total. The maximum atomic E-state index is 11.2. The molecular weight excluding hydrogens is 222 g/mol. The van der Waals surface area contributed by atoms with Crippen LogP contribution in [0.1, 0.15) is 58.3 Å². The van der Waals surface area contributed by atoms with E-state index >= 15 is 0 Å². The summed E-state index contributed by atoms with van der Waals surface area (Å²) in [6.07, 6.45) is 5.61. The van der Waals surface area contributed by atoms with E-state index in [2.05, 4.69) is 0 Å². The molecule has 0 radical (unpaired) electrons. The normalized spacial score (nSPS) is 18.6. The summed E-state index contributed by atoms with van der Waals surface area (Å²) in [7, 11) is 0. The first-order valence-corrected chi connectivity index (χ1v) is 6.41. The van der Waals surface area contributed by atoms with Crippen molar-refractivity contribution in [1.82, 2.24) is 0 Å². The van der Waals surface area contributed by atoms with Gasteiger partial charge < -0.3 is 4.74 Å². The molecule has 0 aromatic heterocycles. The van der Waals surface area contributed by atoms with Gasteiger partial charge in [0.25, 0.3) is 0 Å².